The lowest BCUT2D eigenvalue weighted by Crippen LogP contribution is -2.03. The van der Waals surface area contributed by atoms with E-state index >= 15 is 0 Å². The van der Waals surface area contributed by atoms with E-state index in [2.05, 4.69) is 25.9 Å². The van der Waals surface area contributed by atoms with Gasteiger partial charge in [-0.05, 0) is 29.8 Å². The first kappa shape index (κ1) is 15.1. The Morgan fingerprint density at radius 1 is 1.18 bits per heavy atom. The Hall–Kier alpha value is -1.78. The summed E-state index contributed by atoms with van der Waals surface area (Å²) in [5, 5.41) is 0.774. The highest BCUT2D eigenvalue weighted by Gasteiger charge is 2.09. The summed E-state index contributed by atoms with van der Waals surface area (Å²) in [5.41, 5.74) is 2.99. The van der Waals surface area contributed by atoms with Gasteiger partial charge in [-0.15, -0.1) is 0 Å². The SMILES string of the molecule is Clc1ccccc1CCOc1ccc(Br)cc1-c1cnc[nH]1. The molecule has 1 N–H and O–H groups in total. The smallest absolute Gasteiger partial charge is 0.128 e. The van der Waals surface area contributed by atoms with E-state index in [9.17, 15) is 0 Å². The van der Waals surface area contributed by atoms with Crippen molar-refractivity contribution in [3.05, 3.63) is 70.0 Å². The van der Waals surface area contributed by atoms with E-state index in [-0.39, 0.29) is 0 Å². The highest BCUT2D eigenvalue weighted by atomic mass is 79.9. The van der Waals surface area contributed by atoms with Crippen LogP contribution in [0.2, 0.25) is 5.02 Å². The molecular weight excluding hydrogens is 364 g/mol. The van der Waals surface area contributed by atoms with Crippen LogP contribution in [0.3, 0.4) is 0 Å². The van der Waals surface area contributed by atoms with Crippen LogP contribution in [0.4, 0.5) is 0 Å². The molecule has 3 nitrogen and oxygen atoms in total. The Labute approximate surface area is 142 Å². The summed E-state index contributed by atoms with van der Waals surface area (Å²) in [5.74, 6) is 0.819. The van der Waals surface area contributed by atoms with Crippen LogP contribution < -0.4 is 4.74 Å². The fourth-order valence-corrected chi connectivity index (χ4v) is 2.81. The van der Waals surface area contributed by atoms with Gasteiger partial charge < -0.3 is 9.72 Å². The van der Waals surface area contributed by atoms with Gasteiger partial charge in [-0.3, -0.25) is 0 Å². The molecule has 0 aliphatic carbocycles. The number of halogens is 2. The zero-order chi connectivity index (χ0) is 15.4. The fourth-order valence-electron chi connectivity index (χ4n) is 2.21. The molecule has 0 aliphatic heterocycles. The molecule has 1 heterocycles. The molecule has 1 aromatic heterocycles. The van der Waals surface area contributed by atoms with Crippen LogP contribution >= 0.6 is 27.5 Å². The van der Waals surface area contributed by atoms with E-state index in [0.29, 0.717) is 6.61 Å². The molecule has 3 aromatic rings. The predicted molar refractivity (Wildman–Crippen MR) is 92.4 cm³/mol. The van der Waals surface area contributed by atoms with Crippen LogP contribution in [-0.4, -0.2) is 16.6 Å². The van der Waals surface area contributed by atoms with E-state index in [1.165, 1.54) is 0 Å². The number of ether oxygens (including phenoxy) is 1. The lowest BCUT2D eigenvalue weighted by Gasteiger charge is -2.11. The van der Waals surface area contributed by atoms with Crippen molar-refractivity contribution in [1.29, 1.82) is 0 Å². The van der Waals surface area contributed by atoms with Gasteiger partial charge in [0.25, 0.3) is 0 Å². The quantitative estimate of drug-likeness (QED) is 0.670. The first-order valence-corrected chi connectivity index (χ1v) is 8.05. The Bertz CT molecular complexity index is 759. The van der Waals surface area contributed by atoms with Crippen molar-refractivity contribution in [2.75, 3.05) is 6.61 Å². The topological polar surface area (TPSA) is 37.9 Å². The molecule has 22 heavy (non-hydrogen) atoms. The molecule has 2 aromatic carbocycles. The summed E-state index contributed by atoms with van der Waals surface area (Å²) >= 11 is 9.65. The average molecular weight is 378 g/mol. The number of benzene rings is 2. The number of nitrogens with zero attached hydrogens (tertiary/aromatic N) is 1. The second-order valence-electron chi connectivity index (χ2n) is 4.80. The number of nitrogens with one attached hydrogen (secondary N) is 1. The molecule has 0 aliphatic rings. The molecule has 0 unspecified atom stereocenters. The monoisotopic (exact) mass is 376 g/mol. The van der Waals surface area contributed by atoms with Crippen LogP contribution in [0.25, 0.3) is 11.3 Å². The lowest BCUT2D eigenvalue weighted by atomic mass is 10.1. The largest absolute Gasteiger partial charge is 0.493 e. The van der Waals surface area contributed by atoms with E-state index in [0.717, 1.165) is 38.5 Å². The Morgan fingerprint density at radius 3 is 2.82 bits per heavy atom. The van der Waals surface area contributed by atoms with Gasteiger partial charge in [0.05, 0.1) is 24.8 Å². The highest BCUT2D eigenvalue weighted by molar-refractivity contribution is 9.10. The Morgan fingerprint density at radius 2 is 2.05 bits per heavy atom. The maximum Gasteiger partial charge on any atom is 0.128 e. The van der Waals surface area contributed by atoms with Gasteiger partial charge in [-0.2, -0.15) is 0 Å². The number of hydrogen-bond donors (Lipinski definition) is 1. The second-order valence-corrected chi connectivity index (χ2v) is 6.12. The normalized spacial score (nSPS) is 10.6. The van der Waals surface area contributed by atoms with Crippen molar-refractivity contribution in [3.8, 4) is 17.0 Å². The third kappa shape index (κ3) is 3.51. The molecule has 0 spiro atoms. The molecule has 5 heteroatoms. The standard InChI is InChI=1S/C17H14BrClN2O/c18-13-5-6-17(14(9-13)16-10-20-11-21-16)22-8-7-12-3-1-2-4-15(12)19/h1-6,9-11H,7-8H2,(H,20,21). The number of H-pyrrole nitrogens is 1. The maximum atomic E-state index is 6.16. The Balaban J connectivity index is 1.74. The molecule has 0 radical (unpaired) electrons. The molecular formula is C17H14BrClN2O. The van der Waals surface area contributed by atoms with Gasteiger partial charge in [0, 0.05) is 21.5 Å². The van der Waals surface area contributed by atoms with Crippen LogP contribution in [-0.2, 0) is 6.42 Å². The lowest BCUT2D eigenvalue weighted by molar-refractivity contribution is 0.323. The van der Waals surface area contributed by atoms with Crippen LogP contribution in [0.15, 0.2) is 59.5 Å². The fraction of sp³-hybridized carbons (Fsp3) is 0.118. The summed E-state index contributed by atoms with van der Waals surface area (Å²) in [4.78, 5) is 7.17. The third-order valence-electron chi connectivity index (χ3n) is 3.32. The van der Waals surface area contributed by atoms with Crippen LogP contribution in [0, 0.1) is 0 Å². The minimum absolute atomic E-state index is 0.562. The van der Waals surface area contributed by atoms with Crippen LogP contribution in [0.5, 0.6) is 5.75 Å². The summed E-state index contributed by atoms with van der Waals surface area (Å²) < 4.78 is 6.94. The Kier molecular flexibility index (Phi) is 4.80. The average Bonchev–Trinajstić information content (AvgIpc) is 3.05. The molecule has 112 valence electrons. The minimum atomic E-state index is 0.562. The van der Waals surface area contributed by atoms with Gasteiger partial charge in [-0.25, -0.2) is 4.98 Å². The first-order valence-electron chi connectivity index (χ1n) is 6.88. The number of aromatic nitrogens is 2. The highest BCUT2D eigenvalue weighted by Crippen LogP contribution is 2.31. The molecule has 0 atom stereocenters. The van der Waals surface area contributed by atoms with Crippen molar-refractivity contribution < 1.29 is 4.74 Å². The zero-order valence-corrected chi connectivity index (χ0v) is 14.1. The van der Waals surface area contributed by atoms with E-state index in [1.54, 1.807) is 12.5 Å². The molecule has 0 fully saturated rings. The molecule has 0 saturated heterocycles. The van der Waals surface area contributed by atoms with Gasteiger partial charge in [0.15, 0.2) is 0 Å². The summed E-state index contributed by atoms with van der Waals surface area (Å²) in [6, 6.07) is 13.8. The van der Waals surface area contributed by atoms with Gasteiger partial charge in [-0.1, -0.05) is 45.7 Å². The van der Waals surface area contributed by atoms with E-state index < -0.39 is 0 Å². The third-order valence-corrected chi connectivity index (χ3v) is 4.18. The number of hydrogen-bond acceptors (Lipinski definition) is 2. The minimum Gasteiger partial charge on any atom is -0.493 e. The van der Waals surface area contributed by atoms with E-state index in [4.69, 9.17) is 16.3 Å². The van der Waals surface area contributed by atoms with Crippen molar-refractivity contribution in [2.24, 2.45) is 0 Å². The van der Waals surface area contributed by atoms with Crippen molar-refractivity contribution in [3.63, 3.8) is 0 Å². The van der Waals surface area contributed by atoms with Gasteiger partial charge in [0.2, 0.25) is 0 Å². The molecule has 0 amide bonds. The van der Waals surface area contributed by atoms with Crippen LogP contribution in [0.1, 0.15) is 5.56 Å². The van der Waals surface area contributed by atoms with Crippen molar-refractivity contribution in [2.45, 2.75) is 6.42 Å². The summed E-state index contributed by atoms with van der Waals surface area (Å²) in [6.45, 7) is 0.562. The second kappa shape index (κ2) is 6.99. The number of aromatic amines is 1. The first-order chi connectivity index (χ1) is 10.7. The molecule has 0 saturated carbocycles. The summed E-state index contributed by atoms with van der Waals surface area (Å²) in [6.07, 6.45) is 4.20. The zero-order valence-electron chi connectivity index (χ0n) is 11.7. The van der Waals surface area contributed by atoms with Crippen molar-refractivity contribution in [1.82, 2.24) is 9.97 Å². The predicted octanol–water partition coefficient (Wildman–Crippen LogP) is 5.11. The van der Waals surface area contributed by atoms with Crippen molar-refractivity contribution >= 4 is 27.5 Å². The number of imidazole rings is 1. The molecule has 3 rings (SSSR count). The maximum absolute atomic E-state index is 6.16. The number of rotatable bonds is 5. The van der Waals surface area contributed by atoms with E-state index in [1.807, 2.05) is 42.5 Å². The van der Waals surface area contributed by atoms with Gasteiger partial charge >= 0.3 is 0 Å². The molecule has 0 bridgehead atoms. The van der Waals surface area contributed by atoms with Gasteiger partial charge in [0.1, 0.15) is 5.75 Å². The summed E-state index contributed by atoms with van der Waals surface area (Å²) in [7, 11) is 0.